The van der Waals surface area contributed by atoms with E-state index in [1.54, 1.807) is 6.33 Å². The van der Waals surface area contributed by atoms with Gasteiger partial charge in [0.25, 0.3) is 0 Å². The molecule has 1 saturated carbocycles. The first-order chi connectivity index (χ1) is 16.3. The number of hydrogen-bond acceptors (Lipinski definition) is 8. The molecule has 0 spiro atoms. The van der Waals surface area contributed by atoms with E-state index in [0.717, 1.165) is 55.2 Å². The molecule has 1 aliphatic carbocycles. The number of anilines is 2. The third-order valence-electron chi connectivity index (χ3n) is 6.04. The van der Waals surface area contributed by atoms with Crippen molar-refractivity contribution in [3.05, 3.63) is 28.2 Å². The third-order valence-corrected chi connectivity index (χ3v) is 7.07. The van der Waals surface area contributed by atoms with E-state index in [2.05, 4.69) is 52.8 Å². The molecule has 3 heterocycles. The van der Waals surface area contributed by atoms with Gasteiger partial charge in [0, 0.05) is 30.6 Å². The maximum Gasteiger partial charge on any atom is 0.350 e. The van der Waals surface area contributed by atoms with Crippen molar-refractivity contribution in [3.8, 4) is 17.7 Å². The summed E-state index contributed by atoms with van der Waals surface area (Å²) in [6.45, 7) is 8.31. The summed E-state index contributed by atoms with van der Waals surface area (Å²) < 4.78 is 11.2. The topological polar surface area (TPSA) is 76.6 Å². The molecule has 8 heteroatoms. The summed E-state index contributed by atoms with van der Waals surface area (Å²) in [5, 5.41) is 3.57. The first-order valence-corrected chi connectivity index (χ1v) is 12.9. The van der Waals surface area contributed by atoms with Gasteiger partial charge in [-0.15, -0.1) is 11.3 Å². The highest BCUT2D eigenvalue weighted by atomic mass is 32.1. The smallest absolute Gasteiger partial charge is 0.350 e. The molecule has 0 bridgehead atoms. The van der Waals surface area contributed by atoms with Gasteiger partial charge in [-0.25, -0.2) is 14.8 Å². The Morgan fingerprint density at radius 3 is 2.56 bits per heavy atom. The zero-order chi connectivity index (χ0) is 24.1. The fourth-order valence-corrected chi connectivity index (χ4v) is 5.18. The molecule has 0 unspecified atom stereocenters. The fraction of sp³-hybridized carbons (Fsp3) is 0.577. The molecule has 2 aliphatic rings. The summed E-state index contributed by atoms with van der Waals surface area (Å²) in [4.78, 5) is 24.8. The number of hydrogen-bond donors (Lipinski definition) is 1. The number of ether oxygens (including phenoxy) is 2. The minimum absolute atomic E-state index is 0.0969. The molecule has 0 amide bonds. The van der Waals surface area contributed by atoms with Gasteiger partial charge >= 0.3 is 5.97 Å². The van der Waals surface area contributed by atoms with Crippen LogP contribution in [-0.2, 0) is 4.74 Å². The van der Waals surface area contributed by atoms with Gasteiger partial charge in [-0.1, -0.05) is 11.8 Å². The first kappa shape index (κ1) is 24.3. The number of methoxy groups -OCH3 is 1. The van der Waals surface area contributed by atoms with Gasteiger partial charge in [0.15, 0.2) is 0 Å². The van der Waals surface area contributed by atoms with Crippen molar-refractivity contribution in [1.29, 1.82) is 0 Å². The largest absolute Gasteiger partial charge is 0.474 e. The van der Waals surface area contributed by atoms with E-state index in [4.69, 9.17) is 9.47 Å². The molecule has 0 atom stereocenters. The van der Waals surface area contributed by atoms with E-state index in [1.165, 1.54) is 31.3 Å². The lowest BCUT2D eigenvalue weighted by Gasteiger charge is -2.30. The van der Waals surface area contributed by atoms with Gasteiger partial charge < -0.3 is 19.7 Å². The Hall–Kier alpha value is -2.79. The number of nitrogens with one attached hydrogen (secondary N) is 1. The highest BCUT2D eigenvalue weighted by Gasteiger charge is 2.26. The molecule has 0 radical (unpaired) electrons. The first-order valence-electron chi connectivity index (χ1n) is 12.1. The lowest BCUT2D eigenvalue weighted by molar-refractivity contribution is 0.0607. The van der Waals surface area contributed by atoms with E-state index < -0.39 is 0 Å². The second-order valence-electron chi connectivity index (χ2n) is 9.99. The van der Waals surface area contributed by atoms with Crippen molar-refractivity contribution in [2.75, 3.05) is 30.4 Å². The van der Waals surface area contributed by atoms with Crippen molar-refractivity contribution in [1.82, 2.24) is 9.97 Å². The SMILES string of the molecule is COC(=O)c1sc(C#CC(C)(C)C)cc1NC1CCC(Oc2cc(N3CCCC3)ncn2)CC1. The molecule has 4 rings (SSSR count). The molecule has 34 heavy (non-hydrogen) atoms. The Kier molecular flexibility index (Phi) is 7.62. The van der Waals surface area contributed by atoms with Crippen molar-refractivity contribution in [2.24, 2.45) is 5.41 Å². The molecule has 1 N–H and O–H groups in total. The van der Waals surface area contributed by atoms with Gasteiger partial charge in [0.1, 0.15) is 23.1 Å². The zero-order valence-corrected chi connectivity index (χ0v) is 21.3. The van der Waals surface area contributed by atoms with Crippen molar-refractivity contribution in [2.45, 2.75) is 71.4 Å². The molecule has 1 aliphatic heterocycles. The van der Waals surface area contributed by atoms with Crippen LogP contribution in [0.25, 0.3) is 0 Å². The van der Waals surface area contributed by atoms with Crippen LogP contribution in [0.5, 0.6) is 5.88 Å². The minimum atomic E-state index is -0.328. The molecule has 0 aromatic carbocycles. The van der Waals surface area contributed by atoms with Crippen LogP contribution in [0.4, 0.5) is 11.5 Å². The summed E-state index contributed by atoms with van der Waals surface area (Å²) in [7, 11) is 1.41. The number of aromatic nitrogens is 2. The van der Waals surface area contributed by atoms with Crippen LogP contribution in [0.2, 0.25) is 0 Å². The third kappa shape index (κ3) is 6.41. The minimum Gasteiger partial charge on any atom is -0.474 e. The predicted molar refractivity (Wildman–Crippen MR) is 136 cm³/mol. The van der Waals surface area contributed by atoms with Crippen LogP contribution in [0.3, 0.4) is 0 Å². The number of carbonyl (C=O) groups is 1. The Morgan fingerprint density at radius 1 is 1.15 bits per heavy atom. The molecule has 182 valence electrons. The van der Waals surface area contributed by atoms with Crippen molar-refractivity contribution < 1.29 is 14.3 Å². The van der Waals surface area contributed by atoms with Crippen molar-refractivity contribution >= 4 is 28.8 Å². The van der Waals surface area contributed by atoms with Crippen LogP contribution >= 0.6 is 11.3 Å². The molecular formula is C26H34N4O3S. The lowest BCUT2D eigenvalue weighted by Crippen LogP contribution is -2.31. The van der Waals surface area contributed by atoms with Gasteiger partial charge in [-0.3, -0.25) is 0 Å². The average Bonchev–Trinajstić information content (AvgIpc) is 3.49. The van der Waals surface area contributed by atoms with E-state index in [9.17, 15) is 4.79 Å². The summed E-state index contributed by atoms with van der Waals surface area (Å²) in [5.74, 6) is 7.73. The monoisotopic (exact) mass is 482 g/mol. The van der Waals surface area contributed by atoms with Crippen LogP contribution < -0.4 is 15.0 Å². The summed E-state index contributed by atoms with van der Waals surface area (Å²) in [5.41, 5.74) is 0.714. The van der Waals surface area contributed by atoms with Crippen molar-refractivity contribution in [3.63, 3.8) is 0 Å². The van der Waals surface area contributed by atoms with E-state index in [0.29, 0.717) is 10.8 Å². The Balaban J connectivity index is 1.35. The van der Waals surface area contributed by atoms with Crippen LogP contribution in [0.1, 0.15) is 73.8 Å². The van der Waals surface area contributed by atoms with Crippen LogP contribution in [-0.4, -0.2) is 48.3 Å². The van der Waals surface area contributed by atoms with E-state index in [1.807, 2.05) is 12.1 Å². The van der Waals surface area contributed by atoms with Crippen LogP contribution in [0, 0.1) is 17.3 Å². The van der Waals surface area contributed by atoms with E-state index in [-0.39, 0.29) is 23.5 Å². The van der Waals surface area contributed by atoms with Crippen LogP contribution in [0.15, 0.2) is 18.5 Å². The molecule has 7 nitrogen and oxygen atoms in total. The highest BCUT2D eigenvalue weighted by molar-refractivity contribution is 7.15. The molecule has 1 saturated heterocycles. The fourth-order valence-electron chi connectivity index (χ4n) is 4.28. The lowest BCUT2D eigenvalue weighted by atomic mass is 9.92. The molecule has 2 aromatic rings. The number of esters is 1. The van der Waals surface area contributed by atoms with Gasteiger partial charge in [0.05, 0.1) is 17.7 Å². The Morgan fingerprint density at radius 2 is 1.88 bits per heavy atom. The second kappa shape index (κ2) is 10.6. The standard InChI is InChI=1S/C26H34N4O3S/c1-26(2,3)12-11-20-15-21(24(34-20)25(31)32-4)29-18-7-9-19(10-8-18)33-23-16-22(27-17-28-23)30-13-5-6-14-30/h15-19,29H,5-10,13-14H2,1-4H3. The summed E-state index contributed by atoms with van der Waals surface area (Å²) in [6.07, 6.45) is 7.91. The summed E-state index contributed by atoms with van der Waals surface area (Å²) in [6, 6.07) is 4.20. The number of thiophene rings is 1. The van der Waals surface area contributed by atoms with E-state index >= 15 is 0 Å². The molecule has 2 fully saturated rings. The highest BCUT2D eigenvalue weighted by Crippen LogP contribution is 2.32. The normalized spacial score (nSPS) is 20.4. The maximum absolute atomic E-state index is 12.3. The second-order valence-corrected chi connectivity index (χ2v) is 11.0. The Bertz CT molecular complexity index is 1050. The maximum atomic E-state index is 12.3. The molecule has 2 aromatic heterocycles. The van der Waals surface area contributed by atoms with Gasteiger partial charge in [-0.05, 0) is 65.4 Å². The van der Waals surface area contributed by atoms with Gasteiger partial charge in [0.2, 0.25) is 5.88 Å². The summed E-state index contributed by atoms with van der Waals surface area (Å²) >= 11 is 1.38. The molecular weight excluding hydrogens is 448 g/mol. The average molecular weight is 483 g/mol. The number of nitrogens with zero attached hydrogens (tertiary/aromatic N) is 3. The predicted octanol–water partition coefficient (Wildman–Crippen LogP) is 5.12. The number of rotatable bonds is 6. The Labute approximate surface area is 206 Å². The van der Waals surface area contributed by atoms with Gasteiger partial charge in [-0.2, -0.15) is 0 Å². The number of carbonyl (C=O) groups excluding carboxylic acids is 1. The quantitative estimate of drug-likeness (QED) is 0.452. The zero-order valence-electron chi connectivity index (χ0n) is 20.5.